The van der Waals surface area contributed by atoms with Crippen LogP contribution in [0.25, 0.3) is 0 Å². The van der Waals surface area contributed by atoms with E-state index in [2.05, 4.69) is 6.58 Å². The molecule has 0 saturated carbocycles. The number of aliphatic hydroxyl groups excluding tert-OH is 1. The van der Waals surface area contributed by atoms with Gasteiger partial charge in [0.05, 0.1) is 19.3 Å². The molecule has 1 N–H and O–H groups in total. The van der Waals surface area contributed by atoms with Crippen LogP contribution in [0.2, 0.25) is 0 Å². The first kappa shape index (κ1) is 10.7. The first-order chi connectivity index (χ1) is 6.07. The molecule has 1 rings (SSSR count). The van der Waals surface area contributed by atoms with Crippen molar-refractivity contribution in [3.63, 3.8) is 0 Å². The van der Waals surface area contributed by atoms with E-state index < -0.39 is 11.9 Å². The second kappa shape index (κ2) is 4.22. The lowest BCUT2D eigenvalue weighted by Crippen LogP contribution is -2.33. The van der Waals surface area contributed by atoms with Crippen molar-refractivity contribution in [2.24, 2.45) is 5.92 Å². The fraction of sp³-hybridized carbons (Fsp3) is 0.800. The molecule has 0 spiro atoms. The molecule has 13 heavy (non-hydrogen) atoms. The molecule has 1 aliphatic heterocycles. The molecule has 1 fully saturated rings. The first-order valence-electron chi connectivity index (χ1n) is 4.66. The third kappa shape index (κ3) is 2.79. The Labute approximate surface area is 79.3 Å². The maximum Gasteiger partial charge on any atom is 0.168 e. The molecule has 76 valence electrons. The summed E-state index contributed by atoms with van der Waals surface area (Å²) in [6, 6.07) is 0. The van der Waals surface area contributed by atoms with E-state index in [0.29, 0.717) is 19.6 Å². The van der Waals surface area contributed by atoms with Crippen LogP contribution in [0.5, 0.6) is 0 Å². The minimum absolute atomic E-state index is 0.0737. The molecule has 0 amide bonds. The normalized spacial score (nSPS) is 25.5. The van der Waals surface area contributed by atoms with Gasteiger partial charge in [0, 0.05) is 6.42 Å². The van der Waals surface area contributed by atoms with Gasteiger partial charge < -0.3 is 14.6 Å². The lowest BCUT2D eigenvalue weighted by Gasteiger charge is -2.27. The third-order valence-electron chi connectivity index (χ3n) is 2.46. The van der Waals surface area contributed by atoms with Crippen molar-refractivity contribution in [1.29, 1.82) is 0 Å². The Morgan fingerprint density at radius 2 is 2.08 bits per heavy atom. The van der Waals surface area contributed by atoms with Gasteiger partial charge in [-0.15, -0.1) is 6.58 Å². The van der Waals surface area contributed by atoms with Crippen molar-refractivity contribution in [3.05, 3.63) is 12.7 Å². The molecule has 1 aliphatic rings. The molecule has 2 atom stereocenters. The number of ether oxygens (including phenoxy) is 2. The average Bonchev–Trinajstić information content (AvgIpc) is 2.50. The Bertz CT molecular complexity index is 173. The van der Waals surface area contributed by atoms with Gasteiger partial charge in [0.15, 0.2) is 5.79 Å². The van der Waals surface area contributed by atoms with Crippen molar-refractivity contribution in [2.75, 3.05) is 13.2 Å². The van der Waals surface area contributed by atoms with Gasteiger partial charge in [-0.25, -0.2) is 0 Å². The van der Waals surface area contributed by atoms with Crippen LogP contribution in [0.4, 0.5) is 0 Å². The van der Waals surface area contributed by atoms with Crippen LogP contribution < -0.4 is 0 Å². The van der Waals surface area contributed by atoms with Crippen LogP contribution in [0.15, 0.2) is 12.7 Å². The summed E-state index contributed by atoms with van der Waals surface area (Å²) in [5, 5.41) is 9.71. The van der Waals surface area contributed by atoms with Crippen LogP contribution in [-0.4, -0.2) is 30.2 Å². The van der Waals surface area contributed by atoms with E-state index in [0.717, 1.165) is 0 Å². The highest BCUT2D eigenvalue weighted by Gasteiger charge is 2.34. The average molecular weight is 186 g/mol. The zero-order valence-electron chi connectivity index (χ0n) is 8.32. The van der Waals surface area contributed by atoms with Crippen LogP contribution in [0, 0.1) is 5.92 Å². The van der Waals surface area contributed by atoms with Gasteiger partial charge >= 0.3 is 0 Å². The smallest absolute Gasteiger partial charge is 0.168 e. The molecule has 0 aromatic rings. The minimum atomic E-state index is -0.601. The van der Waals surface area contributed by atoms with E-state index in [9.17, 15) is 5.11 Å². The van der Waals surface area contributed by atoms with Gasteiger partial charge in [-0.1, -0.05) is 13.0 Å². The van der Waals surface area contributed by atoms with Crippen molar-refractivity contribution < 1.29 is 14.6 Å². The Kier molecular flexibility index (Phi) is 3.47. The fourth-order valence-corrected chi connectivity index (χ4v) is 1.40. The van der Waals surface area contributed by atoms with Crippen molar-refractivity contribution in [3.8, 4) is 0 Å². The van der Waals surface area contributed by atoms with Gasteiger partial charge in [0.2, 0.25) is 0 Å². The predicted octanol–water partition coefficient (Wildman–Crippen LogP) is 1.32. The summed E-state index contributed by atoms with van der Waals surface area (Å²) >= 11 is 0. The van der Waals surface area contributed by atoms with E-state index in [1.807, 2.05) is 13.8 Å². The summed E-state index contributed by atoms with van der Waals surface area (Å²) in [6.45, 7) is 8.66. The van der Waals surface area contributed by atoms with Crippen molar-refractivity contribution in [1.82, 2.24) is 0 Å². The molecule has 0 aromatic carbocycles. The fourth-order valence-electron chi connectivity index (χ4n) is 1.40. The van der Waals surface area contributed by atoms with Gasteiger partial charge in [-0.3, -0.25) is 0 Å². The molecule has 3 heteroatoms. The molecule has 0 aromatic heterocycles. The first-order valence-corrected chi connectivity index (χ1v) is 4.66. The number of hydrogen-bond acceptors (Lipinski definition) is 3. The number of rotatable bonds is 4. The van der Waals surface area contributed by atoms with Crippen LogP contribution in [-0.2, 0) is 9.47 Å². The maximum absolute atomic E-state index is 9.71. The van der Waals surface area contributed by atoms with E-state index in [1.54, 1.807) is 6.08 Å². The molecule has 0 radical (unpaired) electrons. The monoisotopic (exact) mass is 186 g/mol. The lowest BCUT2D eigenvalue weighted by atomic mass is 9.98. The highest BCUT2D eigenvalue weighted by Crippen LogP contribution is 2.26. The predicted molar refractivity (Wildman–Crippen MR) is 50.3 cm³/mol. The quantitative estimate of drug-likeness (QED) is 0.673. The van der Waals surface area contributed by atoms with Gasteiger partial charge in [0.25, 0.3) is 0 Å². The van der Waals surface area contributed by atoms with Crippen LogP contribution in [0.1, 0.15) is 20.3 Å². The summed E-state index contributed by atoms with van der Waals surface area (Å²) < 4.78 is 10.8. The minimum Gasteiger partial charge on any atom is -0.392 e. The third-order valence-corrected chi connectivity index (χ3v) is 2.46. The Morgan fingerprint density at radius 3 is 2.54 bits per heavy atom. The summed E-state index contributed by atoms with van der Waals surface area (Å²) in [5.41, 5.74) is 0. The highest BCUT2D eigenvalue weighted by atomic mass is 16.7. The van der Waals surface area contributed by atoms with Crippen LogP contribution in [0.3, 0.4) is 0 Å². The summed E-state index contributed by atoms with van der Waals surface area (Å²) in [7, 11) is 0. The highest BCUT2D eigenvalue weighted by molar-refractivity contribution is 4.84. The van der Waals surface area contributed by atoms with Crippen LogP contribution >= 0.6 is 0 Å². The second-order valence-electron chi connectivity index (χ2n) is 3.70. The summed E-state index contributed by atoms with van der Waals surface area (Å²) in [6.07, 6.45) is 1.80. The molecule has 0 bridgehead atoms. The molecule has 0 aliphatic carbocycles. The number of hydrogen-bond donors (Lipinski definition) is 1. The van der Waals surface area contributed by atoms with Crippen molar-refractivity contribution in [2.45, 2.75) is 32.2 Å². The lowest BCUT2D eigenvalue weighted by molar-refractivity contribution is -0.165. The van der Waals surface area contributed by atoms with Crippen molar-refractivity contribution >= 4 is 0 Å². The SMILES string of the molecule is C=C[C@@H](C)[C@@H](O)CC1(C)OCCO1. The Hall–Kier alpha value is -0.380. The molecule has 0 unspecified atom stereocenters. The molecule has 1 saturated heterocycles. The topological polar surface area (TPSA) is 38.7 Å². The summed E-state index contributed by atoms with van der Waals surface area (Å²) in [5.74, 6) is -0.527. The van der Waals surface area contributed by atoms with E-state index in [1.165, 1.54) is 0 Å². The van der Waals surface area contributed by atoms with Gasteiger partial charge in [0.1, 0.15) is 0 Å². The Balaban J connectivity index is 2.42. The zero-order chi connectivity index (χ0) is 9.90. The molecular formula is C10H18O3. The number of aliphatic hydroxyl groups is 1. The molecule has 3 nitrogen and oxygen atoms in total. The summed E-state index contributed by atoms with van der Waals surface area (Å²) in [4.78, 5) is 0. The second-order valence-corrected chi connectivity index (χ2v) is 3.70. The van der Waals surface area contributed by atoms with E-state index >= 15 is 0 Å². The molecule has 1 heterocycles. The van der Waals surface area contributed by atoms with E-state index in [4.69, 9.17) is 9.47 Å². The Morgan fingerprint density at radius 1 is 1.54 bits per heavy atom. The van der Waals surface area contributed by atoms with Gasteiger partial charge in [-0.05, 0) is 12.8 Å². The van der Waals surface area contributed by atoms with E-state index in [-0.39, 0.29) is 5.92 Å². The molecular weight excluding hydrogens is 168 g/mol. The van der Waals surface area contributed by atoms with Gasteiger partial charge in [-0.2, -0.15) is 0 Å². The maximum atomic E-state index is 9.71. The zero-order valence-corrected chi connectivity index (χ0v) is 8.32. The standard InChI is InChI=1S/C10H18O3/c1-4-8(2)9(11)7-10(3)12-5-6-13-10/h4,8-9,11H,1,5-7H2,2-3H3/t8-,9+/m1/s1. The largest absolute Gasteiger partial charge is 0.392 e.